The summed E-state index contributed by atoms with van der Waals surface area (Å²) in [5.74, 6) is 0.672. The molecule has 9 heteroatoms. The molecule has 1 aromatic carbocycles. The van der Waals surface area contributed by atoms with Gasteiger partial charge in [0.25, 0.3) is 0 Å². The lowest BCUT2D eigenvalue weighted by molar-refractivity contribution is 0.768. The Balaban J connectivity index is 1.41. The van der Waals surface area contributed by atoms with Crippen LogP contribution in [-0.2, 0) is 7.05 Å². The minimum absolute atomic E-state index is 0.672. The van der Waals surface area contributed by atoms with Crippen LogP contribution in [-0.4, -0.2) is 39.3 Å². The van der Waals surface area contributed by atoms with E-state index in [1.54, 1.807) is 23.3 Å². The summed E-state index contributed by atoms with van der Waals surface area (Å²) in [5.41, 5.74) is 6.44. The first-order valence-electron chi connectivity index (χ1n) is 9.73. The molecule has 0 bridgehead atoms. The van der Waals surface area contributed by atoms with E-state index in [2.05, 4.69) is 41.6 Å². The largest absolute Gasteiger partial charge is 0.337 e. The smallest absolute Gasteiger partial charge is 0.180 e. The molecule has 0 radical (unpaired) electrons. The van der Waals surface area contributed by atoms with Gasteiger partial charge in [-0.3, -0.25) is 19.2 Å². The van der Waals surface area contributed by atoms with Crippen LogP contribution in [0, 0.1) is 0 Å². The minimum atomic E-state index is 0.672. The van der Waals surface area contributed by atoms with Gasteiger partial charge in [-0.05, 0) is 30.3 Å². The third-order valence-electron chi connectivity index (χ3n) is 5.21. The number of benzene rings is 1. The van der Waals surface area contributed by atoms with Crippen molar-refractivity contribution >= 4 is 28.1 Å². The van der Waals surface area contributed by atoms with Gasteiger partial charge in [0.05, 0.1) is 23.6 Å². The average molecular weight is 407 g/mol. The number of aryl methyl sites for hydroxylation is 1. The number of imidazole rings is 1. The van der Waals surface area contributed by atoms with Gasteiger partial charge < -0.3 is 5.32 Å². The molecule has 0 saturated heterocycles. The summed E-state index contributed by atoms with van der Waals surface area (Å²) >= 11 is 0. The second-order valence-electron chi connectivity index (χ2n) is 7.21. The molecule has 0 unspecified atom stereocenters. The van der Waals surface area contributed by atoms with Crippen LogP contribution < -0.4 is 5.32 Å². The molecule has 0 aliphatic carbocycles. The molecule has 0 amide bonds. The maximum atomic E-state index is 4.59. The molecule has 31 heavy (non-hydrogen) atoms. The summed E-state index contributed by atoms with van der Waals surface area (Å²) < 4.78 is 3.78. The molecule has 0 spiro atoms. The van der Waals surface area contributed by atoms with Gasteiger partial charge in [0, 0.05) is 60.2 Å². The van der Waals surface area contributed by atoms with Crippen LogP contribution in [0.1, 0.15) is 0 Å². The van der Waals surface area contributed by atoms with Gasteiger partial charge in [-0.15, -0.1) is 0 Å². The lowest BCUT2D eigenvalue weighted by Crippen LogP contribution is -1.98. The number of aromatic amines is 1. The fourth-order valence-electron chi connectivity index (χ4n) is 3.73. The number of fused-ring (bicyclic) bond motifs is 2. The second-order valence-corrected chi connectivity index (χ2v) is 7.21. The topological polar surface area (TPSA) is 102 Å². The van der Waals surface area contributed by atoms with Gasteiger partial charge in [-0.25, -0.2) is 9.97 Å². The number of rotatable bonds is 4. The van der Waals surface area contributed by atoms with E-state index in [0.29, 0.717) is 5.82 Å². The molecule has 9 nitrogen and oxygen atoms in total. The molecule has 0 saturated carbocycles. The Morgan fingerprint density at radius 1 is 0.968 bits per heavy atom. The van der Waals surface area contributed by atoms with Crippen LogP contribution in [0.3, 0.4) is 0 Å². The highest BCUT2D eigenvalue weighted by Gasteiger charge is 2.13. The Morgan fingerprint density at radius 3 is 2.71 bits per heavy atom. The van der Waals surface area contributed by atoms with Crippen LogP contribution in [0.25, 0.3) is 39.1 Å². The zero-order valence-electron chi connectivity index (χ0n) is 16.6. The highest BCUT2D eigenvalue weighted by Crippen LogP contribution is 2.30. The molecule has 6 rings (SSSR count). The molecule has 6 aromatic rings. The molecular weight excluding hydrogens is 390 g/mol. The maximum absolute atomic E-state index is 4.59. The fourth-order valence-corrected chi connectivity index (χ4v) is 3.73. The molecule has 0 aliphatic rings. The van der Waals surface area contributed by atoms with Crippen LogP contribution >= 0.6 is 0 Å². The first kappa shape index (κ1) is 17.3. The number of H-pyrrole nitrogens is 1. The molecule has 2 N–H and O–H groups in total. The van der Waals surface area contributed by atoms with Crippen molar-refractivity contribution in [1.82, 2.24) is 39.3 Å². The number of hydrogen-bond acceptors (Lipinski definition) is 6. The lowest BCUT2D eigenvalue weighted by Gasteiger charge is -2.08. The lowest BCUT2D eigenvalue weighted by atomic mass is 10.1. The van der Waals surface area contributed by atoms with Gasteiger partial charge in [0.15, 0.2) is 11.5 Å². The number of nitrogens with one attached hydrogen (secondary N) is 2. The maximum Gasteiger partial charge on any atom is 0.180 e. The second kappa shape index (κ2) is 6.77. The van der Waals surface area contributed by atoms with Gasteiger partial charge in [-0.1, -0.05) is 0 Å². The van der Waals surface area contributed by atoms with Crippen molar-refractivity contribution in [2.45, 2.75) is 0 Å². The zero-order valence-corrected chi connectivity index (χ0v) is 16.6. The molecule has 5 aromatic heterocycles. The van der Waals surface area contributed by atoms with E-state index in [9.17, 15) is 0 Å². The van der Waals surface area contributed by atoms with Crippen LogP contribution in [0.15, 0.2) is 73.7 Å². The summed E-state index contributed by atoms with van der Waals surface area (Å²) in [6.45, 7) is 0. The van der Waals surface area contributed by atoms with E-state index >= 15 is 0 Å². The van der Waals surface area contributed by atoms with Crippen molar-refractivity contribution in [3.8, 4) is 22.5 Å². The molecule has 0 aliphatic heterocycles. The molecule has 5 heterocycles. The summed E-state index contributed by atoms with van der Waals surface area (Å²) in [4.78, 5) is 13.2. The van der Waals surface area contributed by atoms with Crippen LogP contribution in [0.2, 0.25) is 0 Å². The molecule has 150 valence electrons. The quantitative estimate of drug-likeness (QED) is 0.461. The van der Waals surface area contributed by atoms with Crippen molar-refractivity contribution in [3.05, 3.63) is 73.7 Å². The van der Waals surface area contributed by atoms with Crippen molar-refractivity contribution in [3.63, 3.8) is 0 Å². The molecule has 0 fully saturated rings. The monoisotopic (exact) mass is 407 g/mol. The Morgan fingerprint density at radius 2 is 1.87 bits per heavy atom. The Labute approximate surface area is 176 Å². The van der Waals surface area contributed by atoms with E-state index in [1.165, 1.54) is 0 Å². The fraction of sp³-hybridized carbons (Fsp3) is 0.0455. The first-order chi connectivity index (χ1) is 15.3. The average Bonchev–Trinajstić information content (AvgIpc) is 3.52. The standard InChI is InChI=1S/C22H17N9/c1-30-13-15(11-26-30)19-12-25-22-21(24-8-9-31(19)22)27-16-2-3-18-17(10-16)20(29-28-18)14-4-6-23-7-5-14/h2-13H,1H3,(H,24,27)(H,28,29). The van der Waals surface area contributed by atoms with Crippen LogP contribution in [0.5, 0.6) is 0 Å². The van der Waals surface area contributed by atoms with Gasteiger partial charge in [-0.2, -0.15) is 10.2 Å². The highest BCUT2D eigenvalue weighted by atomic mass is 15.2. The van der Waals surface area contributed by atoms with Crippen molar-refractivity contribution in [2.24, 2.45) is 7.05 Å². The van der Waals surface area contributed by atoms with E-state index in [0.717, 1.165) is 44.8 Å². The summed E-state index contributed by atoms with van der Waals surface area (Å²) in [5, 5.41) is 16.3. The normalized spacial score (nSPS) is 11.4. The van der Waals surface area contributed by atoms with Gasteiger partial charge in [0.1, 0.15) is 5.69 Å². The number of nitrogens with zero attached hydrogens (tertiary/aromatic N) is 7. The zero-order chi connectivity index (χ0) is 20.8. The van der Waals surface area contributed by atoms with Crippen molar-refractivity contribution < 1.29 is 0 Å². The minimum Gasteiger partial charge on any atom is -0.337 e. The predicted molar refractivity (Wildman–Crippen MR) is 118 cm³/mol. The summed E-state index contributed by atoms with van der Waals surface area (Å²) in [6, 6.07) is 9.95. The van der Waals surface area contributed by atoms with Crippen molar-refractivity contribution in [2.75, 3.05) is 5.32 Å². The Hall–Kier alpha value is -4.53. The van der Waals surface area contributed by atoms with Crippen molar-refractivity contribution in [1.29, 1.82) is 0 Å². The van der Waals surface area contributed by atoms with Gasteiger partial charge >= 0.3 is 0 Å². The van der Waals surface area contributed by atoms with Crippen LogP contribution in [0.4, 0.5) is 11.5 Å². The Kier molecular flexibility index (Phi) is 3.79. The van der Waals surface area contributed by atoms with E-state index < -0.39 is 0 Å². The SMILES string of the molecule is Cn1cc(-c2cnc3c(Nc4ccc5[nH]nc(-c6ccncc6)c5c4)nccn23)cn1. The predicted octanol–water partition coefficient (Wildman–Crippen LogP) is 3.81. The Bertz CT molecular complexity index is 1530. The van der Waals surface area contributed by atoms with E-state index in [-0.39, 0.29) is 0 Å². The molecule has 0 atom stereocenters. The number of hydrogen-bond donors (Lipinski definition) is 2. The van der Waals surface area contributed by atoms with E-state index in [4.69, 9.17) is 0 Å². The van der Waals surface area contributed by atoms with E-state index in [1.807, 2.05) is 60.5 Å². The van der Waals surface area contributed by atoms with Gasteiger partial charge in [0.2, 0.25) is 0 Å². The molecular formula is C22H17N9. The summed E-state index contributed by atoms with van der Waals surface area (Å²) in [6.07, 6.45) is 12.8. The number of anilines is 2. The summed E-state index contributed by atoms with van der Waals surface area (Å²) in [7, 11) is 1.90. The number of pyridine rings is 1. The third-order valence-corrected chi connectivity index (χ3v) is 5.21. The first-order valence-corrected chi connectivity index (χ1v) is 9.73. The highest BCUT2D eigenvalue weighted by molar-refractivity contribution is 5.95. The third kappa shape index (κ3) is 2.91. The number of aromatic nitrogens is 8.